The summed E-state index contributed by atoms with van der Waals surface area (Å²) in [7, 11) is 1.23. The van der Waals surface area contributed by atoms with Crippen molar-refractivity contribution in [3.8, 4) is 0 Å². The number of hydrogen-bond acceptors (Lipinski definition) is 3. The van der Waals surface area contributed by atoms with Crippen LogP contribution in [0.5, 0.6) is 0 Å². The number of amides is 1. The van der Waals surface area contributed by atoms with Gasteiger partial charge >= 0.3 is 5.97 Å². The van der Waals surface area contributed by atoms with Gasteiger partial charge in [0.1, 0.15) is 11.9 Å². The molecular formula is C13H13BrFNO3. The zero-order chi connectivity index (χ0) is 14.4. The van der Waals surface area contributed by atoms with Crippen LogP contribution in [0.2, 0.25) is 0 Å². The van der Waals surface area contributed by atoms with Crippen LogP contribution in [0.25, 0.3) is 6.08 Å². The first-order chi connectivity index (χ1) is 8.93. The van der Waals surface area contributed by atoms with Crippen LogP contribution in [0.1, 0.15) is 12.5 Å². The minimum absolute atomic E-state index is 0.273. The molecule has 1 aromatic rings. The van der Waals surface area contributed by atoms with E-state index in [1.54, 1.807) is 12.1 Å². The summed E-state index contributed by atoms with van der Waals surface area (Å²) < 4.78 is 18.6. The summed E-state index contributed by atoms with van der Waals surface area (Å²) >= 11 is 3.21. The summed E-state index contributed by atoms with van der Waals surface area (Å²) in [5, 5.41) is 2.40. The predicted molar refractivity (Wildman–Crippen MR) is 72.8 cm³/mol. The highest BCUT2D eigenvalue weighted by Crippen LogP contribution is 2.16. The van der Waals surface area contributed by atoms with E-state index in [0.717, 1.165) is 6.08 Å². The van der Waals surface area contributed by atoms with Gasteiger partial charge in [-0.15, -0.1) is 0 Å². The molecule has 0 bridgehead atoms. The molecular weight excluding hydrogens is 317 g/mol. The Hall–Kier alpha value is -1.69. The molecule has 0 saturated heterocycles. The maximum atomic E-state index is 13.4. The van der Waals surface area contributed by atoms with Gasteiger partial charge in [0.2, 0.25) is 5.91 Å². The first-order valence-electron chi connectivity index (χ1n) is 5.45. The third kappa shape index (κ3) is 4.82. The SMILES string of the molecule is COC(=O)[C@@H](C)NC(=O)/C=C/c1cc(Br)ccc1F. The van der Waals surface area contributed by atoms with Crippen molar-refractivity contribution < 1.29 is 18.7 Å². The number of esters is 1. The average Bonchev–Trinajstić information content (AvgIpc) is 2.38. The fraction of sp³-hybridized carbons (Fsp3) is 0.231. The molecule has 0 spiro atoms. The Labute approximate surface area is 118 Å². The van der Waals surface area contributed by atoms with Gasteiger partial charge in [0, 0.05) is 16.1 Å². The molecule has 1 aromatic carbocycles. The van der Waals surface area contributed by atoms with E-state index < -0.39 is 23.7 Å². The third-order valence-electron chi connectivity index (χ3n) is 2.29. The number of methoxy groups -OCH3 is 1. The molecule has 0 unspecified atom stereocenters. The maximum Gasteiger partial charge on any atom is 0.328 e. The van der Waals surface area contributed by atoms with E-state index in [1.165, 1.54) is 26.2 Å². The first-order valence-corrected chi connectivity index (χ1v) is 6.25. The molecule has 19 heavy (non-hydrogen) atoms. The molecule has 0 saturated carbocycles. The van der Waals surface area contributed by atoms with Crippen molar-refractivity contribution in [3.05, 3.63) is 40.1 Å². The molecule has 1 amide bonds. The maximum absolute atomic E-state index is 13.4. The Kier molecular flexibility index (Phi) is 5.69. The first kappa shape index (κ1) is 15.4. The topological polar surface area (TPSA) is 55.4 Å². The van der Waals surface area contributed by atoms with Crippen molar-refractivity contribution >= 4 is 33.9 Å². The molecule has 102 valence electrons. The molecule has 1 rings (SSSR count). The van der Waals surface area contributed by atoms with Crippen molar-refractivity contribution in [1.82, 2.24) is 5.32 Å². The monoisotopic (exact) mass is 329 g/mol. The van der Waals surface area contributed by atoms with Crippen LogP contribution in [0.3, 0.4) is 0 Å². The molecule has 0 aliphatic carbocycles. The van der Waals surface area contributed by atoms with E-state index >= 15 is 0 Å². The van der Waals surface area contributed by atoms with Crippen LogP contribution >= 0.6 is 15.9 Å². The fourth-order valence-corrected chi connectivity index (χ4v) is 1.68. The summed E-state index contributed by atoms with van der Waals surface area (Å²) in [6.07, 6.45) is 2.49. The van der Waals surface area contributed by atoms with Gasteiger partial charge in [-0.1, -0.05) is 15.9 Å². The lowest BCUT2D eigenvalue weighted by Gasteiger charge is -2.09. The molecule has 0 heterocycles. The van der Waals surface area contributed by atoms with Crippen LogP contribution in [0.15, 0.2) is 28.7 Å². The number of rotatable bonds is 4. The number of ether oxygens (including phenoxy) is 1. The normalized spacial score (nSPS) is 12.2. The second-order valence-electron chi connectivity index (χ2n) is 3.75. The van der Waals surface area contributed by atoms with Gasteiger partial charge in [0.15, 0.2) is 0 Å². The molecule has 4 nitrogen and oxygen atoms in total. The highest BCUT2D eigenvalue weighted by atomic mass is 79.9. The van der Waals surface area contributed by atoms with Crippen molar-refractivity contribution in [2.75, 3.05) is 7.11 Å². The minimum atomic E-state index is -0.755. The van der Waals surface area contributed by atoms with Gasteiger partial charge in [0.05, 0.1) is 7.11 Å². The van der Waals surface area contributed by atoms with E-state index in [1.807, 2.05) is 0 Å². The van der Waals surface area contributed by atoms with E-state index in [-0.39, 0.29) is 5.56 Å². The molecule has 1 N–H and O–H groups in total. The standard InChI is InChI=1S/C13H13BrFNO3/c1-8(13(18)19-2)16-12(17)6-3-9-7-10(14)4-5-11(9)15/h3-8H,1-2H3,(H,16,17)/b6-3+/t8-/m1/s1. The van der Waals surface area contributed by atoms with Crippen LogP contribution in [0, 0.1) is 5.82 Å². The van der Waals surface area contributed by atoms with E-state index in [9.17, 15) is 14.0 Å². The lowest BCUT2D eigenvalue weighted by molar-refractivity contribution is -0.144. The van der Waals surface area contributed by atoms with E-state index in [0.29, 0.717) is 4.47 Å². The molecule has 0 radical (unpaired) electrons. The smallest absolute Gasteiger partial charge is 0.328 e. The number of carbonyl (C=O) groups excluding carboxylic acids is 2. The zero-order valence-corrected chi connectivity index (χ0v) is 12.0. The second-order valence-corrected chi connectivity index (χ2v) is 4.67. The zero-order valence-electron chi connectivity index (χ0n) is 10.4. The largest absolute Gasteiger partial charge is 0.467 e. The van der Waals surface area contributed by atoms with Crippen molar-refractivity contribution in [1.29, 1.82) is 0 Å². The minimum Gasteiger partial charge on any atom is -0.467 e. The summed E-state index contributed by atoms with van der Waals surface area (Å²) in [6, 6.07) is 3.64. The lowest BCUT2D eigenvalue weighted by Crippen LogP contribution is -2.38. The lowest BCUT2D eigenvalue weighted by atomic mass is 10.2. The summed E-state index contributed by atoms with van der Waals surface area (Å²) in [5.74, 6) is -1.49. The molecule has 0 aliphatic heterocycles. The van der Waals surface area contributed by atoms with Crippen LogP contribution in [0.4, 0.5) is 4.39 Å². The van der Waals surface area contributed by atoms with Crippen molar-refractivity contribution in [3.63, 3.8) is 0 Å². The third-order valence-corrected chi connectivity index (χ3v) is 2.78. The molecule has 0 fully saturated rings. The summed E-state index contributed by atoms with van der Waals surface area (Å²) in [5.41, 5.74) is 0.273. The highest BCUT2D eigenvalue weighted by molar-refractivity contribution is 9.10. The van der Waals surface area contributed by atoms with Crippen LogP contribution in [-0.2, 0) is 14.3 Å². The quantitative estimate of drug-likeness (QED) is 0.681. The number of benzene rings is 1. The van der Waals surface area contributed by atoms with Crippen molar-refractivity contribution in [2.24, 2.45) is 0 Å². The predicted octanol–water partition coefficient (Wildman–Crippen LogP) is 2.28. The molecule has 0 aromatic heterocycles. The van der Waals surface area contributed by atoms with E-state index in [4.69, 9.17) is 0 Å². The Morgan fingerprint density at radius 2 is 2.16 bits per heavy atom. The van der Waals surface area contributed by atoms with Crippen LogP contribution < -0.4 is 5.32 Å². The molecule has 6 heteroatoms. The van der Waals surface area contributed by atoms with Crippen LogP contribution in [-0.4, -0.2) is 25.0 Å². The highest BCUT2D eigenvalue weighted by Gasteiger charge is 2.13. The fourth-order valence-electron chi connectivity index (χ4n) is 1.30. The Bertz CT molecular complexity index is 517. The Balaban J connectivity index is 2.68. The number of nitrogens with one attached hydrogen (secondary N) is 1. The average molecular weight is 330 g/mol. The second kappa shape index (κ2) is 7.04. The van der Waals surface area contributed by atoms with Gasteiger partial charge in [-0.25, -0.2) is 9.18 Å². The van der Waals surface area contributed by atoms with E-state index in [2.05, 4.69) is 26.0 Å². The van der Waals surface area contributed by atoms with Gasteiger partial charge in [0.25, 0.3) is 0 Å². The molecule has 1 atom stereocenters. The van der Waals surface area contributed by atoms with Gasteiger partial charge in [-0.05, 0) is 31.2 Å². The number of carbonyl (C=O) groups is 2. The number of halogens is 2. The van der Waals surface area contributed by atoms with Gasteiger partial charge in [-0.2, -0.15) is 0 Å². The molecule has 0 aliphatic rings. The van der Waals surface area contributed by atoms with Crippen molar-refractivity contribution in [2.45, 2.75) is 13.0 Å². The Morgan fingerprint density at radius 1 is 1.47 bits per heavy atom. The summed E-state index contributed by atoms with van der Waals surface area (Å²) in [6.45, 7) is 1.50. The van der Waals surface area contributed by atoms with Gasteiger partial charge in [-0.3, -0.25) is 4.79 Å². The Morgan fingerprint density at radius 3 is 2.79 bits per heavy atom. The summed E-state index contributed by atoms with van der Waals surface area (Å²) in [4.78, 5) is 22.6. The van der Waals surface area contributed by atoms with Gasteiger partial charge < -0.3 is 10.1 Å². The number of hydrogen-bond donors (Lipinski definition) is 1.